The summed E-state index contributed by atoms with van der Waals surface area (Å²) in [6.45, 7) is 11.4. The van der Waals surface area contributed by atoms with Gasteiger partial charge in [-0.3, -0.25) is 4.90 Å². The first-order valence-corrected chi connectivity index (χ1v) is 11.6. The van der Waals surface area contributed by atoms with E-state index >= 15 is 0 Å². The second kappa shape index (κ2) is 10.2. The van der Waals surface area contributed by atoms with Gasteiger partial charge in [0.15, 0.2) is 5.13 Å². The number of thiazole rings is 1. The SMILES string of the molecule is C=C/C(=C\C(C)=C/CCCl)CN1CCN(c2nc3ccc(C(F)(F)F)cc3s2)CC1C. The highest BCUT2D eigenvalue weighted by Gasteiger charge is 2.31. The zero-order valence-corrected chi connectivity index (χ0v) is 19.3. The van der Waals surface area contributed by atoms with Crippen molar-refractivity contribution in [1.82, 2.24) is 9.88 Å². The molecule has 1 fully saturated rings. The van der Waals surface area contributed by atoms with Crippen LogP contribution in [-0.2, 0) is 6.18 Å². The maximum absolute atomic E-state index is 13.0. The predicted molar refractivity (Wildman–Crippen MR) is 125 cm³/mol. The smallest absolute Gasteiger partial charge is 0.345 e. The van der Waals surface area contributed by atoms with Crippen LogP contribution in [0.3, 0.4) is 0 Å². The molecule has 0 bridgehead atoms. The Kier molecular flexibility index (Phi) is 7.83. The molecule has 1 unspecified atom stereocenters. The molecule has 0 radical (unpaired) electrons. The van der Waals surface area contributed by atoms with Crippen molar-refractivity contribution in [3.05, 3.63) is 59.7 Å². The third-order valence-electron chi connectivity index (χ3n) is 5.38. The van der Waals surface area contributed by atoms with Crippen molar-refractivity contribution in [2.45, 2.75) is 32.5 Å². The Balaban J connectivity index is 1.68. The Morgan fingerprint density at radius 1 is 1.35 bits per heavy atom. The third kappa shape index (κ3) is 6.11. The lowest BCUT2D eigenvalue weighted by molar-refractivity contribution is -0.137. The Hall–Kier alpha value is -1.83. The van der Waals surface area contributed by atoms with E-state index in [0.717, 1.165) is 49.4 Å². The van der Waals surface area contributed by atoms with Crippen LogP contribution in [0.25, 0.3) is 10.2 Å². The van der Waals surface area contributed by atoms with Gasteiger partial charge in [0.05, 0.1) is 15.8 Å². The number of rotatable bonds is 7. The molecule has 8 heteroatoms. The molecule has 3 nitrogen and oxygen atoms in total. The topological polar surface area (TPSA) is 19.4 Å². The van der Waals surface area contributed by atoms with Crippen LogP contribution < -0.4 is 4.90 Å². The van der Waals surface area contributed by atoms with Crippen LogP contribution in [-0.4, -0.2) is 48.0 Å². The minimum absolute atomic E-state index is 0.280. The van der Waals surface area contributed by atoms with E-state index in [0.29, 0.717) is 16.1 Å². The number of piperazine rings is 1. The van der Waals surface area contributed by atoms with Crippen LogP contribution in [0.4, 0.5) is 18.3 Å². The first kappa shape index (κ1) is 23.8. The van der Waals surface area contributed by atoms with E-state index in [4.69, 9.17) is 11.6 Å². The van der Waals surface area contributed by atoms with Crippen LogP contribution >= 0.6 is 22.9 Å². The van der Waals surface area contributed by atoms with Gasteiger partial charge in [-0.2, -0.15) is 13.2 Å². The fourth-order valence-electron chi connectivity index (χ4n) is 3.67. The van der Waals surface area contributed by atoms with E-state index < -0.39 is 11.7 Å². The summed E-state index contributed by atoms with van der Waals surface area (Å²) in [7, 11) is 0. The van der Waals surface area contributed by atoms with Gasteiger partial charge in [-0.25, -0.2) is 4.98 Å². The van der Waals surface area contributed by atoms with Gasteiger partial charge >= 0.3 is 6.18 Å². The van der Waals surface area contributed by atoms with E-state index in [-0.39, 0.29) is 6.04 Å². The molecule has 0 saturated carbocycles. The molecule has 0 aliphatic carbocycles. The molecular weight excluding hydrogens is 443 g/mol. The number of alkyl halides is 4. The number of fused-ring (bicyclic) bond motifs is 1. The normalized spacial score (nSPS) is 19.3. The van der Waals surface area contributed by atoms with Gasteiger partial charge < -0.3 is 4.90 Å². The fourth-order valence-corrected chi connectivity index (χ4v) is 4.81. The number of hydrogen-bond acceptors (Lipinski definition) is 4. The lowest BCUT2D eigenvalue weighted by Gasteiger charge is -2.40. The van der Waals surface area contributed by atoms with E-state index in [1.807, 2.05) is 6.08 Å². The summed E-state index contributed by atoms with van der Waals surface area (Å²) in [4.78, 5) is 9.14. The monoisotopic (exact) mass is 469 g/mol. The minimum Gasteiger partial charge on any atom is -0.345 e. The summed E-state index contributed by atoms with van der Waals surface area (Å²) < 4.78 is 39.5. The molecule has 1 aliphatic heterocycles. The van der Waals surface area contributed by atoms with Gasteiger partial charge in [-0.1, -0.05) is 41.7 Å². The standard InChI is InChI=1S/C23H27ClF3N3S/c1-4-18(12-16(2)6-5-9-24)15-29-10-11-30(14-17(29)3)22-28-20-8-7-19(23(25,26)27)13-21(20)31-22/h4,6-8,12-13,17H,1,5,9-11,14-15H2,2-3H3/b16-6-,18-12+. The van der Waals surface area contributed by atoms with Crippen molar-refractivity contribution in [2.75, 3.05) is 37.0 Å². The Bertz CT molecular complexity index is 980. The van der Waals surface area contributed by atoms with Gasteiger partial charge in [-0.05, 0) is 44.0 Å². The second-order valence-corrected chi connectivity index (χ2v) is 9.18. The number of nitrogens with zero attached hydrogens (tertiary/aromatic N) is 3. The molecule has 0 amide bonds. The van der Waals surface area contributed by atoms with Crippen molar-refractivity contribution >= 4 is 38.3 Å². The summed E-state index contributed by atoms with van der Waals surface area (Å²) >= 11 is 7.08. The number of benzene rings is 1. The zero-order chi connectivity index (χ0) is 22.6. The van der Waals surface area contributed by atoms with Crippen molar-refractivity contribution in [1.29, 1.82) is 0 Å². The van der Waals surface area contributed by atoms with E-state index in [9.17, 15) is 13.2 Å². The molecule has 168 valence electrons. The molecule has 1 aromatic heterocycles. The molecule has 1 aliphatic rings. The van der Waals surface area contributed by atoms with Crippen LogP contribution in [0.1, 0.15) is 25.8 Å². The van der Waals surface area contributed by atoms with Crippen LogP contribution in [0.15, 0.2) is 54.2 Å². The molecule has 1 atom stereocenters. The number of aromatic nitrogens is 1. The Labute approximate surface area is 190 Å². The highest BCUT2D eigenvalue weighted by Crippen LogP contribution is 2.35. The number of halogens is 4. The minimum atomic E-state index is -4.34. The molecule has 0 spiro atoms. The van der Waals surface area contributed by atoms with E-state index in [1.165, 1.54) is 29.0 Å². The lowest BCUT2D eigenvalue weighted by Crippen LogP contribution is -2.52. The molecule has 1 aromatic carbocycles. The first-order chi connectivity index (χ1) is 14.7. The van der Waals surface area contributed by atoms with Gasteiger partial charge in [0, 0.05) is 38.1 Å². The predicted octanol–water partition coefficient (Wildman–Crippen LogP) is 6.51. The van der Waals surface area contributed by atoms with Gasteiger partial charge in [0.25, 0.3) is 0 Å². The molecule has 3 rings (SSSR count). The van der Waals surface area contributed by atoms with Crippen LogP contribution in [0.2, 0.25) is 0 Å². The number of allylic oxidation sites excluding steroid dienone is 3. The molecular formula is C23H27ClF3N3S. The molecule has 1 saturated heterocycles. The molecule has 31 heavy (non-hydrogen) atoms. The summed E-state index contributed by atoms with van der Waals surface area (Å²) in [5, 5.41) is 0.778. The van der Waals surface area contributed by atoms with Crippen molar-refractivity contribution < 1.29 is 13.2 Å². The first-order valence-electron chi connectivity index (χ1n) is 10.2. The highest BCUT2D eigenvalue weighted by molar-refractivity contribution is 7.22. The maximum atomic E-state index is 13.0. The van der Waals surface area contributed by atoms with Gasteiger partial charge in [0.1, 0.15) is 0 Å². The molecule has 0 N–H and O–H groups in total. The largest absolute Gasteiger partial charge is 0.416 e. The maximum Gasteiger partial charge on any atom is 0.416 e. The lowest BCUT2D eigenvalue weighted by atomic mass is 10.1. The van der Waals surface area contributed by atoms with E-state index in [2.05, 4.69) is 47.4 Å². The second-order valence-electron chi connectivity index (χ2n) is 7.79. The Morgan fingerprint density at radius 3 is 2.77 bits per heavy atom. The quantitative estimate of drug-likeness (QED) is 0.340. The highest BCUT2D eigenvalue weighted by atomic mass is 35.5. The number of anilines is 1. The van der Waals surface area contributed by atoms with Gasteiger partial charge in [0.2, 0.25) is 0 Å². The number of hydrogen-bond donors (Lipinski definition) is 0. The summed E-state index contributed by atoms with van der Waals surface area (Å²) in [6.07, 6.45) is 2.66. The Morgan fingerprint density at radius 2 is 2.13 bits per heavy atom. The zero-order valence-electron chi connectivity index (χ0n) is 17.8. The average Bonchev–Trinajstić information content (AvgIpc) is 3.15. The molecule has 2 aromatic rings. The van der Waals surface area contributed by atoms with Crippen molar-refractivity contribution in [3.63, 3.8) is 0 Å². The fraction of sp³-hybridized carbons (Fsp3) is 0.435. The van der Waals surface area contributed by atoms with E-state index in [1.54, 1.807) is 0 Å². The average molecular weight is 470 g/mol. The van der Waals surface area contributed by atoms with Crippen molar-refractivity contribution in [2.24, 2.45) is 0 Å². The summed E-state index contributed by atoms with van der Waals surface area (Å²) in [5.74, 6) is 0.608. The summed E-state index contributed by atoms with van der Waals surface area (Å²) in [5.41, 5.74) is 2.31. The van der Waals surface area contributed by atoms with Crippen LogP contribution in [0, 0.1) is 0 Å². The summed E-state index contributed by atoms with van der Waals surface area (Å²) in [6, 6.07) is 4.03. The van der Waals surface area contributed by atoms with Gasteiger partial charge in [-0.15, -0.1) is 11.6 Å². The van der Waals surface area contributed by atoms with Crippen LogP contribution in [0.5, 0.6) is 0 Å². The molecule has 2 heterocycles. The third-order valence-corrected chi connectivity index (χ3v) is 6.67. The van der Waals surface area contributed by atoms with Crippen molar-refractivity contribution in [3.8, 4) is 0 Å².